The molecule has 98 valence electrons. The summed E-state index contributed by atoms with van der Waals surface area (Å²) in [5.74, 6) is 5.96. The smallest absolute Gasteiger partial charge is 0.180 e. The maximum atomic E-state index is 12.1. The fourth-order valence-electron chi connectivity index (χ4n) is 1.25. The first kappa shape index (κ1) is 15.3. The summed E-state index contributed by atoms with van der Waals surface area (Å²) in [6, 6.07) is 8.44. The molecule has 0 radical (unpaired) electrons. The van der Waals surface area contributed by atoms with Gasteiger partial charge in [-0.3, -0.25) is 0 Å². The first-order valence-corrected chi connectivity index (χ1v) is 8.22. The zero-order chi connectivity index (χ0) is 13.8. The van der Waals surface area contributed by atoms with Crippen LogP contribution in [0.4, 0.5) is 0 Å². The summed E-state index contributed by atoms with van der Waals surface area (Å²) in [5, 5.41) is 0. The van der Waals surface area contributed by atoms with Crippen LogP contribution in [0.3, 0.4) is 0 Å². The standard InChI is InChI=1S/C14H17BrO2S/c1-14(2,3)10-9-12(15)11-18(16,17)13-7-5-4-6-8-13/h4-8,12H,11H2,1-3H3. The summed E-state index contributed by atoms with van der Waals surface area (Å²) in [6.45, 7) is 5.97. The molecule has 0 aliphatic rings. The molecule has 0 fully saturated rings. The van der Waals surface area contributed by atoms with E-state index >= 15 is 0 Å². The van der Waals surface area contributed by atoms with Crippen LogP contribution in [-0.4, -0.2) is 19.0 Å². The number of sulfone groups is 1. The summed E-state index contributed by atoms with van der Waals surface area (Å²) >= 11 is 3.31. The van der Waals surface area contributed by atoms with Crippen LogP contribution in [0.1, 0.15) is 20.8 Å². The summed E-state index contributed by atoms with van der Waals surface area (Å²) in [4.78, 5) is -0.00561. The lowest BCUT2D eigenvalue weighted by atomic mass is 9.98. The molecular formula is C14H17BrO2S. The Balaban J connectivity index is 2.82. The number of benzene rings is 1. The Kier molecular flexibility index (Phi) is 5.01. The van der Waals surface area contributed by atoms with Gasteiger partial charge in [-0.05, 0) is 32.9 Å². The van der Waals surface area contributed by atoms with Crippen LogP contribution >= 0.6 is 15.9 Å². The number of halogens is 1. The molecular weight excluding hydrogens is 312 g/mol. The maximum absolute atomic E-state index is 12.1. The van der Waals surface area contributed by atoms with E-state index in [1.54, 1.807) is 30.3 Å². The maximum Gasteiger partial charge on any atom is 0.180 e. The molecule has 1 aromatic carbocycles. The van der Waals surface area contributed by atoms with Crippen LogP contribution in [0.25, 0.3) is 0 Å². The second-order valence-corrected chi connectivity index (χ2v) is 8.22. The van der Waals surface area contributed by atoms with Gasteiger partial charge in [0.05, 0.1) is 15.5 Å². The predicted molar refractivity (Wildman–Crippen MR) is 78.4 cm³/mol. The molecule has 0 aromatic heterocycles. The van der Waals surface area contributed by atoms with Gasteiger partial charge >= 0.3 is 0 Å². The fourth-order valence-corrected chi connectivity index (χ4v) is 3.64. The molecule has 0 aliphatic carbocycles. The zero-order valence-corrected chi connectivity index (χ0v) is 13.2. The number of hydrogen-bond donors (Lipinski definition) is 0. The summed E-state index contributed by atoms with van der Waals surface area (Å²) in [5.41, 5.74) is -0.122. The SMILES string of the molecule is CC(C)(C)C#CC(Br)CS(=O)(=O)c1ccccc1. The highest BCUT2D eigenvalue weighted by Gasteiger charge is 2.18. The van der Waals surface area contributed by atoms with Crippen molar-refractivity contribution in [2.45, 2.75) is 30.5 Å². The van der Waals surface area contributed by atoms with Crippen molar-refractivity contribution in [2.75, 3.05) is 5.75 Å². The Bertz CT molecular complexity index is 545. The van der Waals surface area contributed by atoms with E-state index in [9.17, 15) is 8.42 Å². The van der Waals surface area contributed by atoms with E-state index in [1.165, 1.54) is 0 Å². The molecule has 4 heteroatoms. The van der Waals surface area contributed by atoms with Gasteiger partial charge in [-0.1, -0.05) is 46.0 Å². The third kappa shape index (κ3) is 5.24. The first-order valence-electron chi connectivity index (χ1n) is 5.65. The molecule has 18 heavy (non-hydrogen) atoms. The minimum atomic E-state index is -3.28. The molecule has 1 unspecified atom stereocenters. The molecule has 1 aromatic rings. The fraction of sp³-hybridized carbons (Fsp3) is 0.429. The van der Waals surface area contributed by atoms with Crippen LogP contribution in [0.5, 0.6) is 0 Å². The van der Waals surface area contributed by atoms with E-state index in [4.69, 9.17) is 0 Å². The van der Waals surface area contributed by atoms with Crippen molar-refractivity contribution in [3.63, 3.8) is 0 Å². The van der Waals surface area contributed by atoms with Gasteiger partial charge in [-0.25, -0.2) is 8.42 Å². The lowest BCUT2D eigenvalue weighted by Crippen LogP contribution is -2.15. The minimum Gasteiger partial charge on any atom is -0.224 e. The molecule has 0 aliphatic heterocycles. The van der Waals surface area contributed by atoms with Crippen molar-refractivity contribution in [1.29, 1.82) is 0 Å². The molecule has 0 N–H and O–H groups in total. The van der Waals surface area contributed by atoms with E-state index in [0.717, 1.165) is 0 Å². The highest BCUT2D eigenvalue weighted by atomic mass is 79.9. The van der Waals surface area contributed by atoms with Crippen LogP contribution in [0.2, 0.25) is 0 Å². The van der Waals surface area contributed by atoms with Gasteiger partial charge in [0.15, 0.2) is 9.84 Å². The monoisotopic (exact) mass is 328 g/mol. The van der Waals surface area contributed by atoms with E-state index in [2.05, 4.69) is 27.8 Å². The van der Waals surface area contributed by atoms with Gasteiger partial charge in [0.25, 0.3) is 0 Å². The number of rotatable bonds is 3. The third-order valence-electron chi connectivity index (χ3n) is 2.07. The summed E-state index contributed by atoms with van der Waals surface area (Å²) in [6.07, 6.45) is 0. The number of hydrogen-bond acceptors (Lipinski definition) is 2. The van der Waals surface area contributed by atoms with Crippen molar-refractivity contribution in [2.24, 2.45) is 5.41 Å². The Hall–Kier alpha value is -0.790. The Morgan fingerprint density at radius 3 is 2.28 bits per heavy atom. The molecule has 0 amide bonds. The van der Waals surface area contributed by atoms with E-state index in [1.807, 2.05) is 20.8 Å². The van der Waals surface area contributed by atoms with Crippen molar-refractivity contribution < 1.29 is 8.42 Å². The van der Waals surface area contributed by atoms with Gasteiger partial charge < -0.3 is 0 Å². The van der Waals surface area contributed by atoms with Crippen LogP contribution in [-0.2, 0) is 9.84 Å². The van der Waals surface area contributed by atoms with Gasteiger partial charge in [0, 0.05) is 5.41 Å². The average molecular weight is 329 g/mol. The van der Waals surface area contributed by atoms with E-state index < -0.39 is 9.84 Å². The van der Waals surface area contributed by atoms with Crippen LogP contribution in [0, 0.1) is 17.3 Å². The molecule has 0 spiro atoms. The molecule has 0 saturated heterocycles. The number of alkyl halides is 1. The summed E-state index contributed by atoms with van der Waals surface area (Å²) < 4.78 is 24.1. The normalized spacial score (nSPS) is 13.6. The van der Waals surface area contributed by atoms with Gasteiger partial charge in [-0.2, -0.15) is 0 Å². The molecule has 0 heterocycles. The van der Waals surface area contributed by atoms with Gasteiger partial charge in [0.1, 0.15) is 0 Å². The minimum absolute atomic E-state index is 0.0138. The highest BCUT2D eigenvalue weighted by molar-refractivity contribution is 9.09. The zero-order valence-electron chi connectivity index (χ0n) is 10.8. The molecule has 0 bridgehead atoms. The Morgan fingerprint density at radius 1 is 1.22 bits per heavy atom. The lowest BCUT2D eigenvalue weighted by Gasteiger charge is -2.09. The second kappa shape index (κ2) is 5.90. The highest BCUT2D eigenvalue weighted by Crippen LogP contribution is 2.15. The quantitative estimate of drug-likeness (QED) is 0.630. The van der Waals surface area contributed by atoms with Crippen LogP contribution in [0.15, 0.2) is 35.2 Å². The lowest BCUT2D eigenvalue weighted by molar-refractivity contribution is 0.570. The topological polar surface area (TPSA) is 34.1 Å². The third-order valence-corrected chi connectivity index (χ3v) is 4.82. The van der Waals surface area contributed by atoms with Crippen molar-refractivity contribution in [3.05, 3.63) is 30.3 Å². The largest absolute Gasteiger partial charge is 0.224 e. The molecule has 2 nitrogen and oxygen atoms in total. The van der Waals surface area contributed by atoms with Gasteiger partial charge in [-0.15, -0.1) is 0 Å². The first-order chi connectivity index (χ1) is 8.21. The molecule has 1 atom stereocenters. The van der Waals surface area contributed by atoms with Crippen molar-refractivity contribution >= 4 is 25.8 Å². The average Bonchev–Trinajstić information content (AvgIpc) is 2.26. The Morgan fingerprint density at radius 2 is 1.78 bits per heavy atom. The second-order valence-electron chi connectivity index (χ2n) is 5.08. The van der Waals surface area contributed by atoms with E-state index in [-0.39, 0.29) is 16.0 Å². The predicted octanol–water partition coefficient (Wildman–Crippen LogP) is 3.27. The molecule has 1 rings (SSSR count). The van der Waals surface area contributed by atoms with E-state index in [0.29, 0.717) is 4.90 Å². The summed E-state index contributed by atoms with van der Waals surface area (Å²) in [7, 11) is -3.28. The van der Waals surface area contributed by atoms with Gasteiger partial charge in [0.2, 0.25) is 0 Å². The Labute approximate surface area is 118 Å². The van der Waals surface area contributed by atoms with Crippen molar-refractivity contribution in [3.8, 4) is 11.8 Å². The van der Waals surface area contributed by atoms with Crippen molar-refractivity contribution in [1.82, 2.24) is 0 Å². The molecule has 0 saturated carbocycles. The van der Waals surface area contributed by atoms with Crippen LogP contribution < -0.4 is 0 Å².